The van der Waals surface area contributed by atoms with Gasteiger partial charge in [-0.3, -0.25) is 0 Å². The Hall–Kier alpha value is -0.600. The molecule has 0 saturated carbocycles. The van der Waals surface area contributed by atoms with Crippen LogP contribution in [-0.4, -0.2) is 0 Å². The van der Waals surface area contributed by atoms with E-state index in [1.165, 1.54) is 11.1 Å². The Labute approximate surface area is 132 Å². The van der Waals surface area contributed by atoms with Crippen LogP contribution >= 0.6 is 34.0 Å². The molecule has 0 bridgehead atoms. The van der Waals surface area contributed by atoms with Crippen LogP contribution in [-0.2, 0) is 12.8 Å². The minimum atomic E-state index is 0. The van der Waals surface area contributed by atoms with Crippen LogP contribution in [0.2, 0.25) is 0 Å². The number of hydrogen-bond acceptors (Lipinski definition) is 0. The smallest absolute Gasteiger partial charge is 0.0307 e. The van der Waals surface area contributed by atoms with Gasteiger partial charge in [-0.15, -0.1) is 34.0 Å². The molecule has 0 atom stereocenters. The van der Waals surface area contributed by atoms with Crippen molar-refractivity contribution in [2.75, 3.05) is 0 Å². The van der Waals surface area contributed by atoms with Gasteiger partial charge < -0.3 is 0 Å². The number of benzene rings is 2. The second kappa shape index (κ2) is 12.8. The fraction of sp³-hybridized carbons (Fsp3) is 0.250. The summed E-state index contributed by atoms with van der Waals surface area (Å²) in [5.41, 5.74) is 2.82. The van der Waals surface area contributed by atoms with Crippen molar-refractivity contribution in [1.82, 2.24) is 0 Å². The highest BCUT2D eigenvalue weighted by molar-refractivity contribution is 8.93. The van der Waals surface area contributed by atoms with E-state index >= 15 is 0 Å². The van der Waals surface area contributed by atoms with E-state index in [0.29, 0.717) is 0 Å². The third kappa shape index (κ3) is 8.48. The molecule has 18 heavy (non-hydrogen) atoms. The molecule has 0 radical (unpaired) electrons. The minimum absolute atomic E-state index is 0. The lowest BCUT2D eigenvalue weighted by Gasteiger charge is -1.89. The van der Waals surface area contributed by atoms with Gasteiger partial charge >= 0.3 is 0 Å². The maximum absolute atomic E-state index is 2.16. The standard InChI is InChI=1S/2C8H10.2BrH/c2*1-2-8-6-4-3-5-7-8;;/h2*3-7H,2H2,1H3;2*1H. The minimum Gasteiger partial charge on any atom is -0.114 e. The summed E-state index contributed by atoms with van der Waals surface area (Å²) in [6.45, 7) is 4.32. The molecule has 0 unspecified atom stereocenters. The van der Waals surface area contributed by atoms with Crippen molar-refractivity contribution in [3.63, 3.8) is 0 Å². The van der Waals surface area contributed by atoms with Crippen LogP contribution < -0.4 is 0 Å². The molecular formula is C16H22Br2. The normalized spacial score (nSPS) is 8.11. The lowest BCUT2D eigenvalue weighted by molar-refractivity contribution is 1.14. The van der Waals surface area contributed by atoms with Crippen LogP contribution in [0.1, 0.15) is 25.0 Å². The summed E-state index contributed by atoms with van der Waals surface area (Å²) >= 11 is 0. The van der Waals surface area contributed by atoms with Gasteiger partial charge in [-0.25, -0.2) is 0 Å². The molecule has 0 saturated heterocycles. The summed E-state index contributed by atoms with van der Waals surface area (Å²) in [4.78, 5) is 0. The monoisotopic (exact) mass is 372 g/mol. The van der Waals surface area contributed by atoms with Gasteiger partial charge in [0.1, 0.15) is 0 Å². The topological polar surface area (TPSA) is 0 Å². The molecule has 0 aliphatic heterocycles. The highest BCUT2D eigenvalue weighted by Crippen LogP contribution is 1.97. The van der Waals surface area contributed by atoms with Crippen molar-refractivity contribution in [2.24, 2.45) is 0 Å². The zero-order valence-corrected chi connectivity index (χ0v) is 14.4. The van der Waals surface area contributed by atoms with Crippen LogP contribution in [0.15, 0.2) is 60.7 Å². The first-order valence-electron chi connectivity index (χ1n) is 5.94. The Bertz CT molecular complexity index is 331. The molecule has 2 heteroatoms. The highest BCUT2D eigenvalue weighted by atomic mass is 79.9. The third-order valence-electron chi connectivity index (χ3n) is 2.50. The maximum atomic E-state index is 2.16. The second-order valence-electron chi connectivity index (χ2n) is 3.68. The Kier molecular flexibility index (Phi) is 14.1. The average Bonchev–Trinajstić information content (AvgIpc) is 2.41. The summed E-state index contributed by atoms with van der Waals surface area (Å²) in [5.74, 6) is 0. The van der Waals surface area contributed by atoms with E-state index in [1.54, 1.807) is 0 Å². The Morgan fingerprint density at radius 2 is 0.833 bits per heavy atom. The van der Waals surface area contributed by atoms with E-state index in [2.05, 4.69) is 62.4 Å². The second-order valence-corrected chi connectivity index (χ2v) is 3.68. The van der Waals surface area contributed by atoms with Crippen molar-refractivity contribution < 1.29 is 0 Å². The van der Waals surface area contributed by atoms with Crippen LogP contribution in [0, 0.1) is 0 Å². The predicted octanol–water partition coefficient (Wildman–Crippen LogP) is 5.65. The first-order valence-corrected chi connectivity index (χ1v) is 5.94. The van der Waals surface area contributed by atoms with E-state index in [1.807, 2.05) is 12.1 Å². The van der Waals surface area contributed by atoms with Gasteiger partial charge in [0.05, 0.1) is 0 Å². The van der Waals surface area contributed by atoms with Crippen molar-refractivity contribution in [1.29, 1.82) is 0 Å². The van der Waals surface area contributed by atoms with Gasteiger partial charge in [0.15, 0.2) is 0 Å². The number of aryl methyl sites for hydroxylation is 2. The summed E-state index contributed by atoms with van der Waals surface area (Å²) < 4.78 is 0. The van der Waals surface area contributed by atoms with Gasteiger partial charge in [0.25, 0.3) is 0 Å². The van der Waals surface area contributed by atoms with Crippen molar-refractivity contribution in [2.45, 2.75) is 26.7 Å². The lowest BCUT2D eigenvalue weighted by atomic mass is 10.2. The van der Waals surface area contributed by atoms with Crippen LogP contribution in [0.3, 0.4) is 0 Å². The van der Waals surface area contributed by atoms with Crippen LogP contribution in [0.25, 0.3) is 0 Å². The first-order chi connectivity index (χ1) is 7.86. The highest BCUT2D eigenvalue weighted by Gasteiger charge is 1.80. The number of hydrogen-bond donors (Lipinski definition) is 0. The molecule has 0 heterocycles. The molecule has 0 spiro atoms. The van der Waals surface area contributed by atoms with Gasteiger partial charge in [-0.05, 0) is 24.0 Å². The quantitative estimate of drug-likeness (QED) is 0.637. The van der Waals surface area contributed by atoms with Crippen molar-refractivity contribution >= 4 is 34.0 Å². The predicted molar refractivity (Wildman–Crippen MR) is 92.3 cm³/mol. The molecule has 0 N–H and O–H groups in total. The molecule has 0 aromatic heterocycles. The van der Waals surface area contributed by atoms with E-state index in [9.17, 15) is 0 Å². The van der Waals surface area contributed by atoms with E-state index < -0.39 is 0 Å². The number of rotatable bonds is 2. The van der Waals surface area contributed by atoms with Crippen LogP contribution in [0.4, 0.5) is 0 Å². The molecule has 2 aromatic rings. The molecule has 2 aromatic carbocycles. The van der Waals surface area contributed by atoms with Gasteiger partial charge in [0.2, 0.25) is 0 Å². The van der Waals surface area contributed by atoms with Crippen molar-refractivity contribution in [3.05, 3.63) is 71.8 Å². The Morgan fingerprint density at radius 1 is 0.556 bits per heavy atom. The largest absolute Gasteiger partial charge is 0.114 e. The number of halogens is 2. The Morgan fingerprint density at radius 3 is 1.00 bits per heavy atom. The van der Waals surface area contributed by atoms with E-state index in [4.69, 9.17) is 0 Å². The summed E-state index contributed by atoms with van der Waals surface area (Å²) in [7, 11) is 0. The summed E-state index contributed by atoms with van der Waals surface area (Å²) in [6, 6.07) is 20.9. The molecular weight excluding hydrogens is 352 g/mol. The molecule has 0 amide bonds. The van der Waals surface area contributed by atoms with Crippen molar-refractivity contribution in [3.8, 4) is 0 Å². The molecule has 0 fully saturated rings. The Balaban J connectivity index is 0. The van der Waals surface area contributed by atoms with Gasteiger partial charge in [-0.2, -0.15) is 0 Å². The van der Waals surface area contributed by atoms with Gasteiger partial charge in [0, 0.05) is 0 Å². The van der Waals surface area contributed by atoms with E-state index in [0.717, 1.165) is 12.8 Å². The fourth-order valence-corrected chi connectivity index (χ4v) is 1.43. The summed E-state index contributed by atoms with van der Waals surface area (Å²) in [6.07, 6.45) is 2.28. The molecule has 100 valence electrons. The average molecular weight is 374 g/mol. The maximum Gasteiger partial charge on any atom is -0.0307 e. The molecule has 0 aliphatic rings. The third-order valence-corrected chi connectivity index (χ3v) is 2.50. The summed E-state index contributed by atoms with van der Waals surface area (Å²) in [5, 5.41) is 0. The van der Waals surface area contributed by atoms with Gasteiger partial charge in [-0.1, -0.05) is 74.5 Å². The fourth-order valence-electron chi connectivity index (χ4n) is 1.43. The zero-order chi connectivity index (χ0) is 11.6. The lowest BCUT2D eigenvalue weighted by Crippen LogP contribution is -1.73. The van der Waals surface area contributed by atoms with E-state index in [-0.39, 0.29) is 34.0 Å². The SMILES string of the molecule is Br.Br.CCc1ccccc1.CCc1ccccc1. The first kappa shape index (κ1) is 19.7. The molecule has 0 aliphatic carbocycles. The van der Waals surface area contributed by atoms with Crippen LogP contribution in [0.5, 0.6) is 0 Å². The molecule has 2 rings (SSSR count). The molecule has 0 nitrogen and oxygen atoms in total. The zero-order valence-electron chi connectivity index (χ0n) is 11.0.